The lowest BCUT2D eigenvalue weighted by Gasteiger charge is -2.35. The quantitative estimate of drug-likeness (QED) is 0.431. The molecular weight excluding hydrogens is 454 g/mol. The van der Waals surface area contributed by atoms with E-state index in [0.29, 0.717) is 16.6 Å². The first kappa shape index (κ1) is 22.6. The van der Waals surface area contributed by atoms with Gasteiger partial charge in [-0.3, -0.25) is 0 Å². The Morgan fingerprint density at radius 1 is 1.30 bits per heavy atom. The fourth-order valence-corrected chi connectivity index (χ4v) is 3.97. The number of anilines is 2. The van der Waals surface area contributed by atoms with Crippen LogP contribution in [0.5, 0.6) is 0 Å². The molecule has 0 aliphatic heterocycles. The van der Waals surface area contributed by atoms with E-state index in [1.54, 1.807) is 6.07 Å². The molecule has 11 heteroatoms. The zero-order chi connectivity index (χ0) is 23.9. The molecule has 1 aliphatic rings. The number of benzene rings is 1. The van der Waals surface area contributed by atoms with Crippen molar-refractivity contribution >= 4 is 40.1 Å². The van der Waals surface area contributed by atoms with E-state index in [1.165, 1.54) is 12.1 Å². The van der Waals surface area contributed by atoms with E-state index in [0.717, 1.165) is 5.56 Å². The Kier molecular flexibility index (Phi) is 5.76. The Morgan fingerprint density at radius 3 is 2.67 bits per heavy atom. The molecule has 1 fully saturated rings. The van der Waals surface area contributed by atoms with Crippen LogP contribution in [0.1, 0.15) is 53.1 Å². The lowest BCUT2D eigenvalue weighted by Crippen LogP contribution is -2.44. The minimum Gasteiger partial charge on any atom is -0.476 e. The van der Waals surface area contributed by atoms with E-state index < -0.39 is 24.0 Å². The number of hydrogen-bond acceptors (Lipinski definition) is 7. The monoisotopic (exact) mass is 472 g/mol. The van der Waals surface area contributed by atoms with Crippen molar-refractivity contribution in [2.45, 2.75) is 44.7 Å². The van der Waals surface area contributed by atoms with Gasteiger partial charge < -0.3 is 15.7 Å². The van der Waals surface area contributed by atoms with Crippen molar-refractivity contribution in [3.63, 3.8) is 0 Å². The van der Waals surface area contributed by atoms with Gasteiger partial charge in [0.1, 0.15) is 11.2 Å². The third-order valence-corrected chi connectivity index (χ3v) is 5.59. The summed E-state index contributed by atoms with van der Waals surface area (Å²) >= 11 is 5.83. The van der Waals surface area contributed by atoms with Gasteiger partial charge in [0.15, 0.2) is 17.2 Å². The smallest absolute Gasteiger partial charge is 0.356 e. The van der Waals surface area contributed by atoms with Crippen LogP contribution in [0.2, 0.25) is 5.15 Å². The molecule has 1 aliphatic carbocycles. The molecule has 4 rings (SSSR count). The molecule has 170 valence electrons. The number of alkyl halides is 2. The van der Waals surface area contributed by atoms with E-state index in [9.17, 15) is 23.9 Å². The van der Waals surface area contributed by atoms with Gasteiger partial charge in [-0.05, 0) is 37.6 Å². The van der Waals surface area contributed by atoms with E-state index in [4.69, 9.17) is 11.6 Å². The number of carboxylic acid groups (broad SMARTS) is 1. The highest BCUT2D eigenvalue weighted by Crippen LogP contribution is 2.39. The van der Waals surface area contributed by atoms with Crippen molar-refractivity contribution in [1.29, 1.82) is 5.26 Å². The largest absolute Gasteiger partial charge is 0.476 e. The Balaban J connectivity index is 1.73. The fraction of sp³-hybridized carbons (Fsp3) is 0.318. The molecule has 8 nitrogen and oxygen atoms in total. The van der Waals surface area contributed by atoms with Crippen LogP contribution in [0.3, 0.4) is 0 Å². The zero-order valence-electron chi connectivity index (χ0n) is 17.7. The number of aromatic carboxylic acids is 1. The number of carboxylic acids is 1. The van der Waals surface area contributed by atoms with Gasteiger partial charge in [-0.15, -0.1) is 0 Å². The summed E-state index contributed by atoms with van der Waals surface area (Å²) in [4.78, 5) is 24.4. The molecule has 1 saturated carbocycles. The van der Waals surface area contributed by atoms with Crippen LogP contribution in [-0.4, -0.2) is 38.0 Å². The van der Waals surface area contributed by atoms with Gasteiger partial charge in [-0.1, -0.05) is 17.7 Å². The van der Waals surface area contributed by atoms with Crippen LogP contribution < -0.4 is 10.6 Å². The lowest BCUT2D eigenvalue weighted by molar-refractivity contribution is -0.0794. The van der Waals surface area contributed by atoms with Crippen LogP contribution in [-0.2, 0) is 0 Å². The normalized spacial score (nSPS) is 16.0. The topological polar surface area (TPSA) is 124 Å². The fourth-order valence-electron chi connectivity index (χ4n) is 3.82. The van der Waals surface area contributed by atoms with Crippen LogP contribution in [0.25, 0.3) is 11.0 Å². The van der Waals surface area contributed by atoms with Crippen molar-refractivity contribution in [2.24, 2.45) is 0 Å². The number of carbonyl (C=O) groups is 1. The highest BCUT2D eigenvalue weighted by Gasteiger charge is 2.45. The maximum Gasteiger partial charge on any atom is 0.356 e. The first-order valence-corrected chi connectivity index (χ1v) is 10.5. The van der Waals surface area contributed by atoms with Gasteiger partial charge in [0, 0.05) is 24.4 Å². The van der Waals surface area contributed by atoms with Crippen molar-refractivity contribution in [2.75, 3.05) is 10.6 Å². The van der Waals surface area contributed by atoms with E-state index in [2.05, 4.69) is 25.6 Å². The summed E-state index contributed by atoms with van der Waals surface area (Å²) in [6.45, 7) is 3.67. The Bertz CT molecular complexity index is 1300. The van der Waals surface area contributed by atoms with Crippen molar-refractivity contribution in [3.8, 4) is 6.07 Å². The first-order valence-electron chi connectivity index (χ1n) is 10.1. The second kappa shape index (κ2) is 8.41. The molecule has 3 aromatic rings. The Morgan fingerprint density at radius 2 is 2.03 bits per heavy atom. The van der Waals surface area contributed by atoms with Crippen molar-refractivity contribution < 1.29 is 18.7 Å². The molecule has 0 radical (unpaired) electrons. The zero-order valence-corrected chi connectivity index (χ0v) is 18.4. The molecule has 33 heavy (non-hydrogen) atoms. The van der Waals surface area contributed by atoms with Crippen LogP contribution >= 0.6 is 11.6 Å². The molecule has 3 N–H and O–H groups in total. The molecular formula is C22H19ClF2N6O2. The molecule has 1 unspecified atom stereocenters. The van der Waals surface area contributed by atoms with Crippen LogP contribution in [0.15, 0.2) is 24.3 Å². The van der Waals surface area contributed by atoms with Crippen LogP contribution in [0.4, 0.5) is 20.3 Å². The van der Waals surface area contributed by atoms with Gasteiger partial charge >= 0.3 is 5.97 Å². The Hall–Kier alpha value is -3.58. The molecule has 2 heterocycles. The number of nitrogens with zero attached hydrogens (tertiary/aromatic N) is 4. The molecule has 0 bridgehead atoms. The number of rotatable bonds is 6. The average molecular weight is 473 g/mol. The number of aromatic nitrogens is 3. The highest BCUT2D eigenvalue weighted by molar-refractivity contribution is 6.29. The summed E-state index contributed by atoms with van der Waals surface area (Å²) in [6, 6.07) is 7.68. The highest BCUT2D eigenvalue weighted by atomic mass is 35.5. The second-order valence-corrected chi connectivity index (χ2v) is 8.45. The van der Waals surface area contributed by atoms with Gasteiger partial charge in [0.05, 0.1) is 22.8 Å². The predicted molar refractivity (Wildman–Crippen MR) is 119 cm³/mol. The number of halogens is 3. The SMILES string of the molecule is Cc1cc(C(C)Nc2ccc(Cl)nc2C(=O)O)c2nc(NC3CC(F)(F)C3)c(C#N)nc2c1. The average Bonchev–Trinajstić information content (AvgIpc) is 2.72. The summed E-state index contributed by atoms with van der Waals surface area (Å²) < 4.78 is 26.5. The third kappa shape index (κ3) is 4.64. The predicted octanol–water partition coefficient (Wildman–Crippen LogP) is 4.94. The van der Waals surface area contributed by atoms with E-state index in [1.807, 2.05) is 26.0 Å². The number of nitriles is 1. The van der Waals surface area contributed by atoms with Crippen molar-refractivity contribution in [3.05, 3.63) is 51.9 Å². The van der Waals surface area contributed by atoms with Crippen LogP contribution in [0, 0.1) is 18.3 Å². The molecule has 1 atom stereocenters. The van der Waals surface area contributed by atoms with E-state index in [-0.39, 0.29) is 40.9 Å². The summed E-state index contributed by atoms with van der Waals surface area (Å²) in [5.41, 5.74) is 2.54. The number of fused-ring (bicyclic) bond motifs is 1. The van der Waals surface area contributed by atoms with E-state index >= 15 is 0 Å². The van der Waals surface area contributed by atoms with Gasteiger partial charge in [-0.25, -0.2) is 28.5 Å². The summed E-state index contributed by atoms with van der Waals surface area (Å²) in [6.07, 6.45) is -0.671. The van der Waals surface area contributed by atoms with Crippen molar-refractivity contribution in [1.82, 2.24) is 15.0 Å². The maximum absolute atomic E-state index is 13.3. The second-order valence-electron chi connectivity index (χ2n) is 8.06. The molecule has 0 amide bonds. The minimum absolute atomic E-state index is 0.0185. The molecule has 2 aromatic heterocycles. The minimum atomic E-state index is -2.72. The summed E-state index contributed by atoms with van der Waals surface area (Å²) in [5.74, 6) is -3.81. The van der Waals surface area contributed by atoms with Gasteiger partial charge in [0.25, 0.3) is 5.92 Å². The van der Waals surface area contributed by atoms with Gasteiger partial charge in [0.2, 0.25) is 0 Å². The molecule has 1 aromatic carbocycles. The molecule has 0 saturated heterocycles. The standard InChI is InChI=1S/C22H19ClF2N6O2/c1-10-5-13(11(2)27-14-3-4-17(23)30-19(14)21(32)33)18-15(6-10)29-16(9-26)20(31-18)28-12-7-22(24,25)8-12/h3-6,11-12,27H,7-8H2,1-2H3,(H,28,31)(H,32,33). The summed E-state index contributed by atoms with van der Waals surface area (Å²) in [7, 11) is 0. The number of hydrogen-bond donors (Lipinski definition) is 3. The number of nitrogens with one attached hydrogen (secondary N) is 2. The number of pyridine rings is 1. The Labute approximate surface area is 192 Å². The first-order chi connectivity index (χ1) is 15.6. The molecule has 0 spiro atoms. The third-order valence-electron chi connectivity index (χ3n) is 5.38. The summed E-state index contributed by atoms with van der Waals surface area (Å²) in [5, 5.41) is 25.0. The lowest BCUT2D eigenvalue weighted by atomic mass is 9.88. The maximum atomic E-state index is 13.3. The van der Waals surface area contributed by atoms with Gasteiger partial charge in [-0.2, -0.15) is 5.26 Å². The number of aryl methyl sites for hydroxylation is 1.